The third-order valence-electron chi connectivity index (χ3n) is 0.779. The Morgan fingerprint density at radius 3 is 2.89 bits per heavy atom. The topological polar surface area (TPSA) is 30.0 Å². The molecule has 0 fully saturated rings. The summed E-state index contributed by atoms with van der Waals surface area (Å²) in [7, 11) is 0. The van der Waals surface area contributed by atoms with Crippen LogP contribution in [0.3, 0.4) is 0 Å². The molecule has 0 aromatic carbocycles. The predicted molar refractivity (Wildman–Crippen MR) is 38.1 cm³/mol. The van der Waals surface area contributed by atoms with E-state index in [9.17, 15) is 4.79 Å². The van der Waals surface area contributed by atoms with Crippen LogP contribution >= 0.6 is 22.9 Å². The van der Waals surface area contributed by atoms with Crippen LogP contribution in [0.5, 0.6) is 0 Å². The molecule has 0 aliphatic heterocycles. The first kappa shape index (κ1) is 6.71. The summed E-state index contributed by atoms with van der Waals surface area (Å²) in [4.78, 5) is 14.3. The SMILES string of the molecule is Cc1csc(=O)c(Cl)n1. The minimum absolute atomic E-state index is 0.0694. The van der Waals surface area contributed by atoms with E-state index in [1.165, 1.54) is 0 Å². The van der Waals surface area contributed by atoms with Crippen molar-refractivity contribution >= 4 is 22.9 Å². The van der Waals surface area contributed by atoms with E-state index >= 15 is 0 Å². The van der Waals surface area contributed by atoms with Crippen molar-refractivity contribution in [1.29, 1.82) is 0 Å². The van der Waals surface area contributed by atoms with Gasteiger partial charge < -0.3 is 0 Å². The van der Waals surface area contributed by atoms with Crippen LogP contribution in [0, 0.1) is 6.92 Å². The molecule has 0 saturated carbocycles. The Morgan fingerprint density at radius 2 is 2.44 bits per heavy atom. The predicted octanol–water partition coefficient (Wildman–Crippen LogP) is 1.47. The molecule has 0 unspecified atom stereocenters. The Morgan fingerprint density at radius 1 is 1.78 bits per heavy atom. The molecule has 48 valence electrons. The monoisotopic (exact) mass is 161 g/mol. The zero-order valence-corrected chi connectivity index (χ0v) is 6.29. The van der Waals surface area contributed by atoms with E-state index in [1.807, 2.05) is 0 Å². The van der Waals surface area contributed by atoms with Gasteiger partial charge >= 0.3 is 0 Å². The summed E-state index contributed by atoms with van der Waals surface area (Å²) in [5, 5.41) is 1.74. The molecule has 0 spiro atoms. The van der Waals surface area contributed by atoms with Gasteiger partial charge in [0.2, 0.25) is 0 Å². The van der Waals surface area contributed by atoms with Gasteiger partial charge in [-0.05, 0) is 6.92 Å². The van der Waals surface area contributed by atoms with Crippen LogP contribution in [0.25, 0.3) is 0 Å². The third-order valence-corrected chi connectivity index (χ3v) is 2.01. The number of aryl methyl sites for hydroxylation is 1. The van der Waals surface area contributed by atoms with Crippen molar-refractivity contribution in [3.8, 4) is 0 Å². The van der Waals surface area contributed by atoms with Gasteiger partial charge in [0.15, 0.2) is 5.15 Å². The van der Waals surface area contributed by atoms with E-state index in [-0.39, 0.29) is 9.90 Å². The van der Waals surface area contributed by atoms with E-state index in [0.717, 1.165) is 17.0 Å². The highest BCUT2D eigenvalue weighted by molar-refractivity contribution is 7.07. The van der Waals surface area contributed by atoms with Crippen molar-refractivity contribution in [3.63, 3.8) is 0 Å². The Balaban J connectivity index is 3.34. The minimum Gasteiger partial charge on any atom is -0.274 e. The Labute approximate surface area is 61.1 Å². The molecule has 0 aliphatic rings. The van der Waals surface area contributed by atoms with Gasteiger partial charge in [-0.25, -0.2) is 4.98 Å². The normalized spacial score (nSPS) is 9.56. The summed E-state index contributed by atoms with van der Waals surface area (Å²) in [5.74, 6) is 0. The lowest BCUT2D eigenvalue weighted by molar-refractivity contribution is 1.22. The maximum atomic E-state index is 10.6. The number of rotatable bonds is 0. The number of nitrogens with zero attached hydrogens (tertiary/aromatic N) is 1. The van der Waals surface area contributed by atoms with E-state index in [2.05, 4.69) is 4.98 Å². The molecule has 0 amide bonds. The molecule has 0 saturated heterocycles. The highest BCUT2D eigenvalue weighted by atomic mass is 35.5. The fraction of sp³-hybridized carbons (Fsp3) is 0.200. The average Bonchev–Trinajstić information content (AvgIpc) is 1.80. The number of aromatic nitrogens is 1. The standard InChI is InChI=1S/C5H4ClNOS/c1-3-2-9-5(8)4(6)7-3/h2H,1H3. The fourth-order valence-corrected chi connectivity index (χ4v) is 1.15. The Hall–Kier alpha value is -0.410. The van der Waals surface area contributed by atoms with Gasteiger partial charge in [0.05, 0.1) is 0 Å². The minimum atomic E-state index is -0.178. The second-order valence-corrected chi connectivity index (χ2v) is 2.77. The van der Waals surface area contributed by atoms with Gasteiger partial charge in [-0.1, -0.05) is 22.9 Å². The van der Waals surface area contributed by atoms with E-state index in [1.54, 1.807) is 12.3 Å². The molecule has 1 aromatic rings. The zero-order chi connectivity index (χ0) is 6.85. The first-order valence-electron chi connectivity index (χ1n) is 2.32. The first-order chi connectivity index (χ1) is 4.20. The fourth-order valence-electron chi connectivity index (χ4n) is 0.414. The maximum absolute atomic E-state index is 10.6. The van der Waals surface area contributed by atoms with Crippen LogP contribution in [0.2, 0.25) is 5.15 Å². The van der Waals surface area contributed by atoms with Crippen molar-refractivity contribution < 1.29 is 0 Å². The highest BCUT2D eigenvalue weighted by Gasteiger charge is 1.94. The van der Waals surface area contributed by atoms with Crippen molar-refractivity contribution in [2.24, 2.45) is 0 Å². The maximum Gasteiger partial charge on any atom is 0.269 e. The Bertz CT molecular complexity index is 270. The molecular formula is C5H4ClNOS. The van der Waals surface area contributed by atoms with Gasteiger partial charge in [0.25, 0.3) is 4.74 Å². The molecular weight excluding hydrogens is 158 g/mol. The van der Waals surface area contributed by atoms with Gasteiger partial charge in [-0.15, -0.1) is 0 Å². The molecule has 0 N–H and O–H groups in total. The van der Waals surface area contributed by atoms with Crippen LogP contribution in [0.1, 0.15) is 5.69 Å². The summed E-state index contributed by atoms with van der Waals surface area (Å²) in [5.41, 5.74) is 0.782. The van der Waals surface area contributed by atoms with Crippen molar-refractivity contribution in [1.82, 2.24) is 4.98 Å². The lowest BCUT2D eigenvalue weighted by Crippen LogP contribution is -1.97. The van der Waals surface area contributed by atoms with Crippen LogP contribution in [0.15, 0.2) is 10.2 Å². The molecule has 9 heavy (non-hydrogen) atoms. The summed E-state index contributed by atoms with van der Waals surface area (Å²) >= 11 is 6.47. The van der Waals surface area contributed by atoms with Crippen molar-refractivity contribution in [2.75, 3.05) is 0 Å². The van der Waals surface area contributed by atoms with E-state index in [0.29, 0.717) is 0 Å². The van der Waals surface area contributed by atoms with Crippen molar-refractivity contribution in [2.45, 2.75) is 6.92 Å². The molecule has 1 rings (SSSR count). The summed E-state index contributed by atoms with van der Waals surface area (Å²) < 4.78 is -0.178. The lowest BCUT2D eigenvalue weighted by atomic mass is 10.6. The number of hydrogen-bond acceptors (Lipinski definition) is 3. The molecule has 0 radical (unpaired) electrons. The Kier molecular flexibility index (Phi) is 1.83. The van der Waals surface area contributed by atoms with E-state index < -0.39 is 0 Å². The lowest BCUT2D eigenvalue weighted by Gasteiger charge is -1.86. The summed E-state index contributed by atoms with van der Waals surface area (Å²) in [6.45, 7) is 1.79. The highest BCUT2D eigenvalue weighted by Crippen LogP contribution is 2.00. The molecule has 2 nitrogen and oxygen atoms in total. The second kappa shape index (κ2) is 2.45. The van der Waals surface area contributed by atoms with Gasteiger partial charge in [0, 0.05) is 11.1 Å². The molecule has 1 aromatic heterocycles. The smallest absolute Gasteiger partial charge is 0.269 e. The first-order valence-corrected chi connectivity index (χ1v) is 3.58. The zero-order valence-electron chi connectivity index (χ0n) is 4.72. The number of halogens is 1. The van der Waals surface area contributed by atoms with E-state index in [4.69, 9.17) is 11.6 Å². The second-order valence-electron chi connectivity index (χ2n) is 1.57. The molecule has 0 bridgehead atoms. The van der Waals surface area contributed by atoms with Crippen LogP contribution in [-0.4, -0.2) is 4.98 Å². The summed E-state index contributed by atoms with van der Waals surface area (Å²) in [6.07, 6.45) is 0. The van der Waals surface area contributed by atoms with Crippen LogP contribution in [0.4, 0.5) is 0 Å². The summed E-state index contributed by atoms with van der Waals surface area (Å²) in [6, 6.07) is 0. The molecule has 0 atom stereocenters. The largest absolute Gasteiger partial charge is 0.274 e. The quantitative estimate of drug-likeness (QED) is 0.577. The van der Waals surface area contributed by atoms with Crippen LogP contribution in [-0.2, 0) is 0 Å². The van der Waals surface area contributed by atoms with Crippen molar-refractivity contribution in [3.05, 3.63) is 25.8 Å². The number of hydrogen-bond donors (Lipinski definition) is 0. The van der Waals surface area contributed by atoms with Gasteiger partial charge in [0.1, 0.15) is 0 Å². The third kappa shape index (κ3) is 1.50. The van der Waals surface area contributed by atoms with Gasteiger partial charge in [-0.2, -0.15) is 0 Å². The van der Waals surface area contributed by atoms with Gasteiger partial charge in [-0.3, -0.25) is 4.79 Å². The molecule has 1 heterocycles. The van der Waals surface area contributed by atoms with Crippen LogP contribution < -0.4 is 4.74 Å². The molecule has 4 heteroatoms. The molecule has 0 aliphatic carbocycles. The average molecular weight is 162 g/mol.